The number of aromatic amines is 1. The van der Waals surface area contributed by atoms with Crippen molar-refractivity contribution in [3.63, 3.8) is 0 Å². The van der Waals surface area contributed by atoms with Crippen molar-refractivity contribution in [1.82, 2.24) is 15.2 Å². The third-order valence-corrected chi connectivity index (χ3v) is 1.71. The molecule has 0 aliphatic heterocycles. The minimum absolute atomic E-state index is 0.111. The zero-order valence-electron chi connectivity index (χ0n) is 6.94. The number of aliphatic hydroxyl groups excluding tert-OH is 1. The third kappa shape index (κ3) is 1.57. The first kappa shape index (κ1) is 7.94. The summed E-state index contributed by atoms with van der Waals surface area (Å²) in [5.74, 6) is 1.10. The Morgan fingerprint density at radius 3 is 2.62 bits per heavy atom. The fourth-order valence-electron chi connectivity index (χ4n) is 1.08. The lowest BCUT2D eigenvalue weighted by molar-refractivity contribution is 0.272. The number of H-pyrrole nitrogens is 1. The van der Waals surface area contributed by atoms with Crippen molar-refractivity contribution in [2.45, 2.75) is 6.61 Å². The Morgan fingerprint density at radius 2 is 2.00 bits per heavy atom. The van der Waals surface area contributed by atoms with Crippen molar-refractivity contribution in [3.05, 3.63) is 36.2 Å². The molecule has 0 aliphatic rings. The van der Waals surface area contributed by atoms with E-state index < -0.39 is 0 Å². The highest BCUT2D eigenvalue weighted by Gasteiger charge is 2.02. The number of rotatable bonds is 2. The summed E-state index contributed by atoms with van der Waals surface area (Å²) in [5, 5.41) is 15.4. The molecule has 0 bridgehead atoms. The minimum atomic E-state index is -0.111. The Labute approximate surface area is 75.3 Å². The second-order valence-electron chi connectivity index (χ2n) is 2.63. The van der Waals surface area contributed by atoms with Gasteiger partial charge in [-0.3, -0.25) is 5.10 Å². The van der Waals surface area contributed by atoms with Crippen LogP contribution in [0.4, 0.5) is 0 Å². The second kappa shape index (κ2) is 3.37. The lowest BCUT2D eigenvalue weighted by atomic mass is 10.2. The van der Waals surface area contributed by atoms with Crippen molar-refractivity contribution in [1.29, 1.82) is 0 Å². The van der Waals surface area contributed by atoms with Gasteiger partial charge in [0.25, 0.3) is 0 Å². The summed E-state index contributed by atoms with van der Waals surface area (Å²) < 4.78 is 0. The number of hydrogen-bond acceptors (Lipinski definition) is 3. The molecule has 0 fully saturated rings. The van der Waals surface area contributed by atoms with Gasteiger partial charge in [0.1, 0.15) is 6.61 Å². The maximum Gasteiger partial charge on any atom is 0.181 e. The molecule has 4 heteroatoms. The van der Waals surface area contributed by atoms with Crippen LogP contribution < -0.4 is 0 Å². The van der Waals surface area contributed by atoms with E-state index in [1.54, 1.807) is 0 Å². The smallest absolute Gasteiger partial charge is 0.181 e. The van der Waals surface area contributed by atoms with Crippen LogP contribution in [0.15, 0.2) is 30.3 Å². The molecule has 0 aliphatic carbocycles. The SMILES string of the molecule is OCc1nc(-c2ccccc2)n[nH]1. The highest BCUT2D eigenvalue weighted by atomic mass is 16.3. The van der Waals surface area contributed by atoms with Gasteiger partial charge in [-0.2, -0.15) is 5.10 Å². The molecule has 0 saturated carbocycles. The van der Waals surface area contributed by atoms with Gasteiger partial charge < -0.3 is 5.11 Å². The van der Waals surface area contributed by atoms with Crippen LogP contribution >= 0.6 is 0 Å². The van der Waals surface area contributed by atoms with E-state index >= 15 is 0 Å². The summed E-state index contributed by atoms with van der Waals surface area (Å²) in [7, 11) is 0. The van der Waals surface area contributed by atoms with Gasteiger partial charge in [-0.1, -0.05) is 30.3 Å². The van der Waals surface area contributed by atoms with Crippen LogP contribution in [0.5, 0.6) is 0 Å². The summed E-state index contributed by atoms with van der Waals surface area (Å²) in [4.78, 5) is 4.08. The van der Waals surface area contributed by atoms with E-state index in [2.05, 4.69) is 15.2 Å². The lowest BCUT2D eigenvalue weighted by Crippen LogP contribution is -1.84. The average molecular weight is 175 g/mol. The van der Waals surface area contributed by atoms with Gasteiger partial charge in [-0.25, -0.2) is 4.98 Å². The van der Waals surface area contributed by atoms with E-state index in [-0.39, 0.29) is 6.61 Å². The molecule has 0 unspecified atom stereocenters. The Bertz CT molecular complexity index is 383. The predicted octanol–water partition coefficient (Wildman–Crippen LogP) is 0.964. The quantitative estimate of drug-likeness (QED) is 0.714. The van der Waals surface area contributed by atoms with Crippen LogP contribution in [0.25, 0.3) is 11.4 Å². The molecule has 13 heavy (non-hydrogen) atoms. The highest BCUT2D eigenvalue weighted by molar-refractivity contribution is 5.53. The molecule has 1 aromatic carbocycles. The highest BCUT2D eigenvalue weighted by Crippen LogP contribution is 2.12. The van der Waals surface area contributed by atoms with Crippen molar-refractivity contribution in [2.24, 2.45) is 0 Å². The maximum absolute atomic E-state index is 8.76. The number of aliphatic hydroxyl groups is 1. The Hall–Kier alpha value is -1.68. The van der Waals surface area contributed by atoms with Gasteiger partial charge in [0.05, 0.1) is 0 Å². The molecular formula is C9H9N3O. The largest absolute Gasteiger partial charge is 0.388 e. The van der Waals surface area contributed by atoms with Crippen molar-refractivity contribution in [2.75, 3.05) is 0 Å². The fraction of sp³-hybridized carbons (Fsp3) is 0.111. The molecular weight excluding hydrogens is 166 g/mol. The second-order valence-corrected chi connectivity index (χ2v) is 2.63. The number of hydrogen-bond donors (Lipinski definition) is 2. The van der Waals surface area contributed by atoms with Gasteiger partial charge in [0, 0.05) is 5.56 Å². The van der Waals surface area contributed by atoms with Crippen molar-refractivity contribution >= 4 is 0 Å². The van der Waals surface area contributed by atoms with Gasteiger partial charge in [0.15, 0.2) is 11.6 Å². The molecule has 0 spiro atoms. The topological polar surface area (TPSA) is 61.8 Å². The molecule has 0 radical (unpaired) electrons. The van der Waals surface area contributed by atoms with Crippen molar-refractivity contribution in [3.8, 4) is 11.4 Å². The Morgan fingerprint density at radius 1 is 1.23 bits per heavy atom. The maximum atomic E-state index is 8.76. The summed E-state index contributed by atoms with van der Waals surface area (Å²) in [6, 6.07) is 9.62. The number of aromatic nitrogens is 3. The van der Waals surface area contributed by atoms with Gasteiger partial charge in [-0.05, 0) is 0 Å². The van der Waals surface area contributed by atoms with Crippen LogP contribution in [0.3, 0.4) is 0 Å². The summed E-state index contributed by atoms with van der Waals surface area (Å²) in [6.45, 7) is -0.111. The normalized spacial score (nSPS) is 10.2. The van der Waals surface area contributed by atoms with Crippen LogP contribution in [0, 0.1) is 0 Å². The molecule has 0 atom stereocenters. The molecule has 66 valence electrons. The molecule has 0 amide bonds. The molecule has 2 rings (SSSR count). The fourth-order valence-corrected chi connectivity index (χ4v) is 1.08. The summed E-state index contributed by atoms with van der Waals surface area (Å²) in [5.41, 5.74) is 0.943. The van der Waals surface area contributed by atoms with Crippen molar-refractivity contribution < 1.29 is 5.11 Å². The van der Waals surface area contributed by atoms with E-state index in [0.717, 1.165) is 5.56 Å². The first-order valence-electron chi connectivity index (χ1n) is 3.97. The Kier molecular flexibility index (Phi) is 2.06. The third-order valence-electron chi connectivity index (χ3n) is 1.71. The number of nitrogens with zero attached hydrogens (tertiary/aromatic N) is 2. The summed E-state index contributed by atoms with van der Waals surface area (Å²) in [6.07, 6.45) is 0. The minimum Gasteiger partial charge on any atom is -0.388 e. The first-order valence-corrected chi connectivity index (χ1v) is 3.97. The molecule has 4 nitrogen and oxygen atoms in total. The van der Waals surface area contributed by atoms with Crippen LogP contribution in [-0.4, -0.2) is 20.3 Å². The lowest BCUT2D eigenvalue weighted by Gasteiger charge is -1.91. The molecule has 1 heterocycles. The van der Waals surface area contributed by atoms with E-state index in [9.17, 15) is 0 Å². The van der Waals surface area contributed by atoms with Gasteiger partial charge in [-0.15, -0.1) is 0 Å². The van der Waals surface area contributed by atoms with E-state index in [0.29, 0.717) is 11.6 Å². The predicted molar refractivity (Wildman–Crippen MR) is 47.7 cm³/mol. The zero-order valence-corrected chi connectivity index (χ0v) is 6.94. The molecule has 2 N–H and O–H groups in total. The number of benzene rings is 1. The molecule has 2 aromatic rings. The van der Waals surface area contributed by atoms with E-state index in [1.165, 1.54) is 0 Å². The number of nitrogens with one attached hydrogen (secondary N) is 1. The summed E-state index contributed by atoms with van der Waals surface area (Å²) >= 11 is 0. The monoisotopic (exact) mass is 175 g/mol. The van der Waals surface area contributed by atoms with E-state index in [4.69, 9.17) is 5.11 Å². The molecule has 0 saturated heterocycles. The Balaban J connectivity index is 2.36. The van der Waals surface area contributed by atoms with Gasteiger partial charge >= 0.3 is 0 Å². The van der Waals surface area contributed by atoms with Crippen LogP contribution in [-0.2, 0) is 6.61 Å². The van der Waals surface area contributed by atoms with Crippen LogP contribution in [0.2, 0.25) is 0 Å². The first-order chi connectivity index (χ1) is 6.40. The van der Waals surface area contributed by atoms with E-state index in [1.807, 2.05) is 30.3 Å². The van der Waals surface area contributed by atoms with Gasteiger partial charge in [0.2, 0.25) is 0 Å². The van der Waals surface area contributed by atoms with Crippen LogP contribution in [0.1, 0.15) is 5.82 Å². The molecule has 1 aromatic heterocycles. The standard InChI is InChI=1S/C9H9N3O/c13-6-8-10-9(12-11-8)7-4-2-1-3-5-7/h1-5,13H,6H2,(H,10,11,12). The zero-order chi connectivity index (χ0) is 9.10. The average Bonchev–Trinajstić information content (AvgIpc) is 2.67.